The number of carbonyl (C=O) groups is 1. The van der Waals surface area contributed by atoms with Gasteiger partial charge >= 0.3 is 5.97 Å². The minimum absolute atomic E-state index is 0.0180. The molecule has 2 heterocycles. The van der Waals surface area contributed by atoms with E-state index in [9.17, 15) is 4.79 Å². The summed E-state index contributed by atoms with van der Waals surface area (Å²) in [6.45, 7) is 7.06. The van der Waals surface area contributed by atoms with E-state index >= 15 is 0 Å². The summed E-state index contributed by atoms with van der Waals surface area (Å²) in [6, 6.07) is 4.24. The Balaban J connectivity index is 1.71. The van der Waals surface area contributed by atoms with E-state index in [0.717, 1.165) is 66.7 Å². The van der Waals surface area contributed by atoms with Crippen LogP contribution >= 0.6 is 12.6 Å². The van der Waals surface area contributed by atoms with Crippen LogP contribution < -0.4 is 0 Å². The number of hydrogen-bond donors (Lipinski definition) is 1. The molecule has 1 aromatic carbocycles. The molecule has 2 spiro atoms. The standard InChI is InChI=1S/C21H26O3S/c1-13-11-14(2)16(15(3)12-13)17-18(25)21(24-19(17)22)8-6-20(7-9-21)5-4-10-23-20/h11-12,25H,4-10H2,1-3H3. The molecule has 0 radical (unpaired) electrons. The van der Waals surface area contributed by atoms with E-state index in [1.165, 1.54) is 5.56 Å². The molecule has 0 bridgehead atoms. The fourth-order valence-electron chi connectivity index (χ4n) is 4.99. The number of hydrogen-bond acceptors (Lipinski definition) is 4. The molecule has 1 saturated heterocycles. The van der Waals surface area contributed by atoms with E-state index in [1.807, 2.05) is 0 Å². The van der Waals surface area contributed by atoms with E-state index in [2.05, 4.69) is 32.9 Å². The summed E-state index contributed by atoms with van der Waals surface area (Å²) in [5.41, 5.74) is 4.57. The highest BCUT2D eigenvalue weighted by Gasteiger charge is 2.53. The summed E-state index contributed by atoms with van der Waals surface area (Å²) >= 11 is 4.83. The Hall–Kier alpha value is -1.26. The van der Waals surface area contributed by atoms with Gasteiger partial charge in [-0.15, -0.1) is 12.6 Å². The van der Waals surface area contributed by atoms with Crippen molar-refractivity contribution in [3.8, 4) is 0 Å². The fourth-order valence-corrected chi connectivity index (χ4v) is 5.47. The molecular formula is C21H26O3S. The van der Waals surface area contributed by atoms with Crippen LogP contribution in [0.2, 0.25) is 0 Å². The predicted octanol–water partition coefficient (Wildman–Crippen LogP) is 4.67. The van der Waals surface area contributed by atoms with Crippen molar-refractivity contribution >= 4 is 24.2 Å². The van der Waals surface area contributed by atoms with Gasteiger partial charge in [0.1, 0.15) is 5.60 Å². The number of benzene rings is 1. The number of ether oxygens (including phenoxy) is 2. The molecule has 3 nitrogen and oxygen atoms in total. The molecule has 0 N–H and O–H groups in total. The molecule has 3 aliphatic rings. The molecule has 4 heteroatoms. The van der Waals surface area contributed by atoms with Crippen LogP contribution in [0.4, 0.5) is 0 Å². The lowest BCUT2D eigenvalue weighted by Crippen LogP contribution is -2.43. The zero-order chi connectivity index (χ0) is 17.8. The van der Waals surface area contributed by atoms with Crippen molar-refractivity contribution in [3.05, 3.63) is 39.3 Å². The van der Waals surface area contributed by atoms with Gasteiger partial charge in [-0.25, -0.2) is 4.79 Å². The van der Waals surface area contributed by atoms with E-state index in [0.29, 0.717) is 5.57 Å². The molecule has 25 heavy (non-hydrogen) atoms. The molecule has 1 aromatic rings. The van der Waals surface area contributed by atoms with Crippen molar-refractivity contribution in [2.45, 2.75) is 70.5 Å². The largest absolute Gasteiger partial charge is 0.450 e. The highest BCUT2D eigenvalue weighted by atomic mass is 32.1. The first kappa shape index (κ1) is 17.2. The second-order valence-electron chi connectivity index (χ2n) is 8.02. The van der Waals surface area contributed by atoms with Gasteiger partial charge < -0.3 is 9.47 Å². The zero-order valence-corrected chi connectivity index (χ0v) is 16.2. The third-order valence-electron chi connectivity index (χ3n) is 6.24. The lowest BCUT2D eigenvalue weighted by Gasteiger charge is -2.41. The van der Waals surface area contributed by atoms with Crippen molar-refractivity contribution in [1.29, 1.82) is 0 Å². The van der Waals surface area contributed by atoms with Gasteiger partial charge in [0.2, 0.25) is 0 Å². The Morgan fingerprint density at radius 1 is 1.00 bits per heavy atom. The van der Waals surface area contributed by atoms with Crippen LogP contribution in [-0.2, 0) is 14.3 Å². The summed E-state index contributed by atoms with van der Waals surface area (Å²) in [5.74, 6) is -0.219. The quantitative estimate of drug-likeness (QED) is 0.585. The molecule has 0 aromatic heterocycles. The third kappa shape index (κ3) is 2.65. The lowest BCUT2D eigenvalue weighted by atomic mass is 9.74. The molecule has 134 valence electrons. The maximum Gasteiger partial charge on any atom is 0.340 e. The van der Waals surface area contributed by atoms with Crippen LogP contribution in [0.15, 0.2) is 17.0 Å². The van der Waals surface area contributed by atoms with E-state index in [1.54, 1.807) is 0 Å². The third-order valence-corrected chi connectivity index (χ3v) is 6.87. The normalized spacial score (nSPS) is 32.1. The number of thiol groups is 1. The highest BCUT2D eigenvalue weighted by Crippen LogP contribution is 2.53. The van der Waals surface area contributed by atoms with Gasteiger partial charge in [-0.3, -0.25) is 0 Å². The monoisotopic (exact) mass is 358 g/mol. The van der Waals surface area contributed by atoms with Crippen LogP contribution in [-0.4, -0.2) is 23.8 Å². The maximum atomic E-state index is 12.8. The molecule has 4 rings (SSSR count). The predicted molar refractivity (Wildman–Crippen MR) is 102 cm³/mol. The Kier molecular flexibility index (Phi) is 4.04. The van der Waals surface area contributed by atoms with Gasteiger partial charge in [0.05, 0.1) is 11.2 Å². The SMILES string of the molecule is Cc1cc(C)c(C2=C(S)C3(CCC4(CCCO4)CC3)OC2=O)c(C)c1. The van der Waals surface area contributed by atoms with Crippen LogP contribution in [0, 0.1) is 20.8 Å². The van der Waals surface area contributed by atoms with Gasteiger partial charge in [-0.2, -0.15) is 0 Å². The molecule has 0 unspecified atom stereocenters. The number of esters is 1. The molecule has 1 saturated carbocycles. The van der Waals surface area contributed by atoms with Gasteiger partial charge in [0.25, 0.3) is 0 Å². The number of aryl methyl sites for hydroxylation is 3. The zero-order valence-electron chi connectivity index (χ0n) is 15.3. The van der Waals surface area contributed by atoms with Gasteiger partial charge in [0.15, 0.2) is 0 Å². The molecule has 2 fully saturated rings. The average Bonchev–Trinajstić information content (AvgIpc) is 3.09. The lowest BCUT2D eigenvalue weighted by molar-refractivity contribution is -0.152. The topological polar surface area (TPSA) is 35.5 Å². The number of carbonyl (C=O) groups excluding carboxylic acids is 1. The minimum Gasteiger partial charge on any atom is -0.450 e. The second kappa shape index (κ2) is 5.88. The Morgan fingerprint density at radius 3 is 2.20 bits per heavy atom. The van der Waals surface area contributed by atoms with Crippen molar-refractivity contribution in [2.24, 2.45) is 0 Å². The second-order valence-corrected chi connectivity index (χ2v) is 8.46. The van der Waals surface area contributed by atoms with Crippen molar-refractivity contribution in [3.63, 3.8) is 0 Å². The first-order chi connectivity index (χ1) is 11.9. The molecule has 1 aliphatic carbocycles. The van der Waals surface area contributed by atoms with Crippen molar-refractivity contribution in [2.75, 3.05) is 6.61 Å². The summed E-state index contributed by atoms with van der Waals surface area (Å²) in [5, 5.41) is 0. The van der Waals surface area contributed by atoms with Crippen molar-refractivity contribution in [1.82, 2.24) is 0 Å². The van der Waals surface area contributed by atoms with Gasteiger partial charge in [-0.1, -0.05) is 17.7 Å². The molecular weight excluding hydrogens is 332 g/mol. The number of rotatable bonds is 1. The summed E-state index contributed by atoms with van der Waals surface area (Å²) in [4.78, 5) is 13.6. The molecule has 0 amide bonds. The van der Waals surface area contributed by atoms with Gasteiger partial charge in [0, 0.05) is 11.5 Å². The van der Waals surface area contributed by atoms with Crippen LogP contribution in [0.1, 0.15) is 60.8 Å². The minimum atomic E-state index is -0.545. The summed E-state index contributed by atoms with van der Waals surface area (Å²) in [6.07, 6.45) is 5.79. The summed E-state index contributed by atoms with van der Waals surface area (Å²) in [7, 11) is 0. The summed E-state index contributed by atoms with van der Waals surface area (Å²) < 4.78 is 12.0. The maximum absolute atomic E-state index is 12.8. The Morgan fingerprint density at radius 2 is 1.64 bits per heavy atom. The van der Waals surface area contributed by atoms with E-state index in [4.69, 9.17) is 22.1 Å². The Labute approximate surface area is 155 Å². The highest BCUT2D eigenvalue weighted by molar-refractivity contribution is 7.85. The van der Waals surface area contributed by atoms with Crippen LogP contribution in [0.25, 0.3) is 5.57 Å². The first-order valence-corrected chi connectivity index (χ1v) is 9.70. The van der Waals surface area contributed by atoms with Crippen molar-refractivity contribution < 1.29 is 14.3 Å². The molecule has 0 atom stereocenters. The first-order valence-electron chi connectivity index (χ1n) is 9.25. The van der Waals surface area contributed by atoms with Crippen LogP contribution in [0.5, 0.6) is 0 Å². The fraction of sp³-hybridized carbons (Fsp3) is 0.571. The van der Waals surface area contributed by atoms with E-state index < -0.39 is 5.60 Å². The molecule has 2 aliphatic heterocycles. The smallest absolute Gasteiger partial charge is 0.340 e. The van der Waals surface area contributed by atoms with E-state index in [-0.39, 0.29) is 11.6 Å². The van der Waals surface area contributed by atoms with Crippen LogP contribution in [0.3, 0.4) is 0 Å². The Bertz CT molecular complexity index is 738. The van der Waals surface area contributed by atoms with Gasteiger partial charge in [-0.05, 0) is 76.0 Å². The average molecular weight is 359 g/mol.